The number of nitrogens with zero attached hydrogens (tertiary/aromatic N) is 2. The Morgan fingerprint density at radius 3 is 2.61 bits per heavy atom. The lowest BCUT2D eigenvalue weighted by Crippen LogP contribution is -2.57. The molecule has 1 amide bonds. The first-order chi connectivity index (χ1) is 11.1. The van der Waals surface area contributed by atoms with Crippen molar-refractivity contribution in [2.75, 3.05) is 5.32 Å². The van der Waals surface area contributed by atoms with Gasteiger partial charge in [-0.25, -0.2) is 0 Å². The van der Waals surface area contributed by atoms with Crippen LogP contribution in [0.3, 0.4) is 0 Å². The maximum absolute atomic E-state index is 12.9. The number of hydrogen-bond acceptors (Lipinski definition) is 4. The summed E-state index contributed by atoms with van der Waals surface area (Å²) in [5, 5.41) is 3.01. The molecule has 2 aliphatic carbocycles. The van der Waals surface area contributed by atoms with Gasteiger partial charge in [0, 0.05) is 12.4 Å². The van der Waals surface area contributed by atoms with E-state index in [0.29, 0.717) is 16.6 Å². The Morgan fingerprint density at radius 1 is 1.09 bits per heavy atom. The third kappa shape index (κ3) is 2.49. The number of nitrogens with one attached hydrogen (secondary N) is 1. The summed E-state index contributed by atoms with van der Waals surface area (Å²) in [5.74, 6) is -0.0818. The molecule has 2 saturated carbocycles. The summed E-state index contributed by atoms with van der Waals surface area (Å²) in [7, 11) is 0. The molecule has 3 N–H and O–H groups in total. The van der Waals surface area contributed by atoms with Gasteiger partial charge in [0.25, 0.3) is 0 Å². The van der Waals surface area contributed by atoms with Gasteiger partial charge in [-0.2, -0.15) is 0 Å². The molecule has 0 radical (unpaired) electrons. The Morgan fingerprint density at radius 2 is 1.83 bits per heavy atom. The van der Waals surface area contributed by atoms with Crippen molar-refractivity contribution in [1.29, 1.82) is 0 Å². The number of carbonyl (C=O) groups excluding carboxylic acids is 1. The largest absolute Gasteiger partial charge is 0.323 e. The van der Waals surface area contributed by atoms with Crippen molar-refractivity contribution in [2.45, 2.75) is 50.5 Å². The van der Waals surface area contributed by atoms with E-state index in [2.05, 4.69) is 15.3 Å². The first-order valence-electron chi connectivity index (χ1n) is 8.41. The molecule has 0 aliphatic heterocycles. The van der Waals surface area contributed by atoms with Crippen LogP contribution in [0.2, 0.25) is 0 Å². The molecule has 4 rings (SSSR count). The molecule has 2 aromatic rings. The summed E-state index contributed by atoms with van der Waals surface area (Å²) in [6.07, 6.45) is 10.8. The lowest BCUT2D eigenvalue weighted by molar-refractivity contribution is -0.125. The fraction of sp³-hybridized carbons (Fsp3) is 0.500. The second kappa shape index (κ2) is 5.27. The summed E-state index contributed by atoms with van der Waals surface area (Å²) in [6.45, 7) is 0. The van der Waals surface area contributed by atoms with Crippen molar-refractivity contribution in [3.8, 4) is 0 Å². The number of carbonyl (C=O) groups is 1. The number of anilines is 1. The minimum absolute atomic E-state index is 0.0818. The number of aromatic nitrogens is 2. The van der Waals surface area contributed by atoms with E-state index in [4.69, 9.17) is 5.73 Å². The Bertz CT molecular complexity index is 750. The molecule has 2 aliphatic rings. The fourth-order valence-electron chi connectivity index (χ4n) is 4.26. The van der Waals surface area contributed by atoms with Gasteiger partial charge in [0.1, 0.15) is 5.52 Å². The number of benzene rings is 1. The van der Waals surface area contributed by atoms with E-state index >= 15 is 0 Å². The molecule has 5 nitrogen and oxygen atoms in total. The van der Waals surface area contributed by atoms with Gasteiger partial charge in [-0.15, -0.1) is 0 Å². The van der Waals surface area contributed by atoms with Gasteiger partial charge in [0.2, 0.25) is 5.91 Å². The average Bonchev–Trinajstić information content (AvgIpc) is 2.54. The lowest BCUT2D eigenvalue weighted by atomic mass is 9.56. The van der Waals surface area contributed by atoms with Crippen LogP contribution in [0.15, 0.2) is 30.6 Å². The number of para-hydroxylation sites is 1. The van der Waals surface area contributed by atoms with Gasteiger partial charge < -0.3 is 11.1 Å². The van der Waals surface area contributed by atoms with Crippen LogP contribution in [0, 0.1) is 5.41 Å². The monoisotopic (exact) mass is 310 g/mol. The molecule has 1 aromatic carbocycles. The van der Waals surface area contributed by atoms with Gasteiger partial charge in [-0.1, -0.05) is 18.9 Å². The second-order valence-electron chi connectivity index (χ2n) is 7.22. The highest BCUT2D eigenvalue weighted by Gasteiger charge is 2.49. The van der Waals surface area contributed by atoms with E-state index < -0.39 is 5.54 Å². The molecule has 0 bridgehead atoms. The predicted octanol–water partition coefficient (Wildman–Crippen LogP) is 3.01. The topological polar surface area (TPSA) is 80.9 Å². The van der Waals surface area contributed by atoms with Crippen molar-refractivity contribution < 1.29 is 4.79 Å². The van der Waals surface area contributed by atoms with Crippen LogP contribution in [0.25, 0.3) is 11.0 Å². The zero-order valence-corrected chi connectivity index (χ0v) is 13.2. The van der Waals surface area contributed by atoms with Crippen LogP contribution in [0.1, 0.15) is 44.9 Å². The van der Waals surface area contributed by atoms with Crippen LogP contribution >= 0.6 is 0 Å². The number of fused-ring (bicyclic) bond motifs is 1. The molecule has 120 valence electrons. The summed E-state index contributed by atoms with van der Waals surface area (Å²) in [4.78, 5) is 21.5. The van der Waals surface area contributed by atoms with Crippen LogP contribution in [-0.2, 0) is 4.79 Å². The quantitative estimate of drug-likeness (QED) is 0.893. The van der Waals surface area contributed by atoms with Crippen LogP contribution < -0.4 is 11.1 Å². The summed E-state index contributed by atoms with van der Waals surface area (Å²) >= 11 is 0. The van der Waals surface area contributed by atoms with E-state index in [9.17, 15) is 4.79 Å². The number of hydrogen-bond donors (Lipinski definition) is 2. The highest BCUT2D eigenvalue weighted by Crippen LogP contribution is 2.53. The highest BCUT2D eigenvalue weighted by atomic mass is 16.2. The summed E-state index contributed by atoms with van der Waals surface area (Å²) in [5.41, 5.74) is 8.27. The van der Waals surface area contributed by atoms with Gasteiger partial charge in [-0.05, 0) is 49.7 Å². The smallest absolute Gasteiger partial charge is 0.244 e. The van der Waals surface area contributed by atoms with E-state index in [0.717, 1.165) is 24.8 Å². The third-order valence-corrected chi connectivity index (χ3v) is 5.63. The van der Waals surface area contributed by atoms with Crippen molar-refractivity contribution in [2.24, 2.45) is 11.1 Å². The van der Waals surface area contributed by atoms with Gasteiger partial charge in [-0.3, -0.25) is 14.8 Å². The first kappa shape index (κ1) is 14.6. The summed E-state index contributed by atoms with van der Waals surface area (Å²) in [6, 6.07) is 5.63. The van der Waals surface area contributed by atoms with E-state index in [1.54, 1.807) is 12.4 Å². The fourth-order valence-corrected chi connectivity index (χ4v) is 4.26. The Balaban J connectivity index is 1.59. The zero-order chi connectivity index (χ0) is 15.9. The Labute approximate surface area is 135 Å². The van der Waals surface area contributed by atoms with E-state index in [1.165, 1.54) is 25.7 Å². The Hall–Kier alpha value is -2.01. The van der Waals surface area contributed by atoms with Gasteiger partial charge in [0.15, 0.2) is 0 Å². The molecule has 1 atom stereocenters. The molecule has 1 heterocycles. The average molecular weight is 310 g/mol. The minimum Gasteiger partial charge on any atom is -0.323 e. The second-order valence-corrected chi connectivity index (χ2v) is 7.22. The SMILES string of the molecule is NC1(C(=O)Nc2cccc3nccnc23)CCCC2(CCC2)C1. The molecule has 5 heteroatoms. The van der Waals surface area contributed by atoms with Crippen molar-refractivity contribution in [1.82, 2.24) is 9.97 Å². The molecular weight excluding hydrogens is 288 g/mol. The van der Waals surface area contributed by atoms with E-state index in [-0.39, 0.29) is 5.91 Å². The minimum atomic E-state index is -0.761. The predicted molar refractivity (Wildman–Crippen MR) is 89.8 cm³/mol. The number of rotatable bonds is 2. The molecular formula is C18H22N4O. The maximum atomic E-state index is 12.9. The van der Waals surface area contributed by atoms with Crippen molar-refractivity contribution >= 4 is 22.6 Å². The molecule has 23 heavy (non-hydrogen) atoms. The zero-order valence-electron chi connectivity index (χ0n) is 13.2. The van der Waals surface area contributed by atoms with Gasteiger partial charge in [0.05, 0.1) is 16.7 Å². The van der Waals surface area contributed by atoms with Crippen molar-refractivity contribution in [3.63, 3.8) is 0 Å². The van der Waals surface area contributed by atoms with E-state index in [1.807, 2.05) is 18.2 Å². The highest BCUT2D eigenvalue weighted by molar-refractivity contribution is 6.03. The summed E-state index contributed by atoms with van der Waals surface area (Å²) < 4.78 is 0. The molecule has 2 fully saturated rings. The number of amides is 1. The van der Waals surface area contributed by atoms with Crippen LogP contribution in [-0.4, -0.2) is 21.4 Å². The molecule has 1 unspecified atom stereocenters. The number of nitrogens with two attached hydrogens (primary N) is 1. The normalized spacial score (nSPS) is 26.0. The van der Waals surface area contributed by atoms with Crippen LogP contribution in [0.5, 0.6) is 0 Å². The van der Waals surface area contributed by atoms with Crippen LogP contribution in [0.4, 0.5) is 5.69 Å². The maximum Gasteiger partial charge on any atom is 0.244 e. The lowest BCUT2D eigenvalue weighted by Gasteiger charge is -2.50. The molecule has 0 saturated heterocycles. The molecule has 1 spiro atoms. The van der Waals surface area contributed by atoms with Gasteiger partial charge >= 0.3 is 0 Å². The first-order valence-corrected chi connectivity index (χ1v) is 8.41. The Kier molecular flexibility index (Phi) is 3.34. The van der Waals surface area contributed by atoms with Crippen molar-refractivity contribution in [3.05, 3.63) is 30.6 Å². The standard InChI is InChI=1S/C18H22N4O/c19-18(9-3-8-17(12-18)6-2-7-17)16(23)22-14-5-1-4-13-15(14)21-11-10-20-13/h1,4-5,10-11H,2-3,6-9,12,19H2,(H,22,23). The molecule has 1 aromatic heterocycles. The third-order valence-electron chi connectivity index (χ3n) is 5.63.